The lowest BCUT2D eigenvalue weighted by atomic mass is 10.1. The zero-order chi connectivity index (χ0) is 13.8. The first-order valence-corrected chi connectivity index (χ1v) is 7.37. The third-order valence-electron chi connectivity index (χ3n) is 2.51. The lowest BCUT2D eigenvalue weighted by molar-refractivity contribution is 0.455. The zero-order valence-electron chi connectivity index (χ0n) is 10.7. The van der Waals surface area contributed by atoms with Crippen LogP contribution in [0, 0.1) is 0 Å². The second-order valence-electron chi connectivity index (χ2n) is 3.83. The molecule has 0 spiro atoms. The summed E-state index contributed by atoms with van der Waals surface area (Å²) in [5.41, 5.74) is 6.74. The van der Waals surface area contributed by atoms with Crippen molar-refractivity contribution in [2.45, 2.75) is 18.5 Å². The van der Waals surface area contributed by atoms with Crippen LogP contribution in [-0.2, 0) is 6.42 Å². The van der Waals surface area contributed by atoms with Gasteiger partial charge in [-0.15, -0.1) is 0 Å². The molecule has 4 nitrogen and oxygen atoms in total. The Bertz CT molecular complexity index is 592. The summed E-state index contributed by atoms with van der Waals surface area (Å²) < 4.78 is 5.70. The number of ether oxygens (including phenoxy) is 1. The molecule has 1 heterocycles. The Morgan fingerprint density at radius 2 is 2.11 bits per heavy atom. The fraction of sp³-hybridized carbons (Fsp3) is 0.231. The molecule has 2 rings (SSSR count). The Labute approximate surface area is 121 Å². The molecule has 2 aromatic rings. The molecule has 19 heavy (non-hydrogen) atoms. The molecular formula is C13H14ClN3OS. The average molecular weight is 296 g/mol. The lowest BCUT2D eigenvalue weighted by Crippen LogP contribution is -1.97. The van der Waals surface area contributed by atoms with E-state index in [1.165, 1.54) is 11.8 Å². The summed E-state index contributed by atoms with van der Waals surface area (Å²) in [6.07, 6.45) is 2.73. The predicted octanol–water partition coefficient (Wildman–Crippen LogP) is 3.79. The molecule has 0 amide bonds. The Balaban J connectivity index is 2.28. The summed E-state index contributed by atoms with van der Waals surface area (Å²) in [6.45, 7) is 2.04. The maximum atomic E-state index is 6.07. The van der Waals surface area contributed by atoms with Gasteiger partial charge in [0.1, 0.15) is 11.6 Å². The molecule has 0 aliphatic heterocycles. The number of benzene rings is 1. The normalized spacial score (nSPS) is 10.5. The molecule has 6 heteroatoms. The van der Waals surface area contributed by atoms with Gasteiger partial charge in [-0.2, -0.15) is 4.98 Å². The molecule has 1 aromatic heterocycles. The van der Waals surface area contributed by atoms with Crippen LogP contribution in [0.4, 0.5) is 5.82 Å². The molecule has 0 saturated carbocycles. The number of nitrogen functional groups attached to an aromatic ring is 1. The van der Waals surface area contributed by atoms with E-state index >= 15 is 0 Å². The molecule has 0 aliphatic carbocycles. The number of rotatable bonds is 4. The monoisotopic (exact) mass is 295 g/mol. The summed E-state index contributed by atoms with van der Waals surface area (Å²) in [6, 6.07) is 7.12. The third-order valence-corrected chi connectivity index (χ3v) is 3.42. The van der Waals surface area contributed by atoms with Crippen molar-refractivity contribution in [1.29, 1.82) is 0 Å². The number of aryl methyl sites for hydroxylation is 1. The topological polar surface area (TPSA) is 61.0 Å². The zero-order valence-corrected chi connectivity index (χ0v) is 12.3. The SMILES string of the molecule is CCc1cc(Oc2cc(N)nc(SC)n2)ccc1Cl. The fourth-order valence-corrected chi connectivity index (χ4v) is 2.20. The van der Waals surface area contributed by atoms with Gasteiger partial charge in [-0.1, -0.05) is 30.3 Å². The van der Waals surface area contributed by atoms with Crippen molar-refractivity contribution < 1.29 is 4.74 Å². The summed E-state index contributed by atoms with van der Waals surface area (Å²) in [7, 11) is 0. The van der Waals surface area contributed by atoms with Gasteiger partial charge in [0.05, 0.1) is 0 Å². The number of hydrogen-bond acceptors (Lipinski definition) is 5. The molecular weight excluding hydrogens is 282 g/mol. The molecule has 0 fully saturated rings. The quantitative estimate of drug-likeness (QED) is 0.687. The maximum absolute atomic E-state index is 6.07. The molecule has 0 bridgehead atoms. The highest BCUT2D eigenvalue weighted by atomic mass is 35.5. The van der Waals surface area contributed by atoms with E-state index in [0.29, 0.717) is 22.6 Å². The van der Waals surface area contributed by atoms with Gasteiger partial charge in [-0.05, 0) is 36.4 Å². The predicted molar refractivity (Wildman–Crippen MR) is 79.1 cm³/mol. The summed E-state index contributed by atoms with van der Waals surface area (Å²) in [5, 5.41) is 1.32. The van der Waals surface area contributed by atoms with Crippen molar-refractivity contribution in [3.05, 3.63) is 34.9 Å². The highest BCUT2D eigenvalue weighted by molar-refractivity contribution is 7.98. The van der Waals surface area contributed by atoms with Crippen LogP contribution in [0.15, 0.2) is 29.4 Å². The van der Waals surface area contributed by atoms with Crippen LogP contribution in [0.25, 0.3) is 0 Å². The Morgan fingerprint density at radius 3 is 2.79 bits per heavy atom. The minimum Gasteiger partial charge on any atom is -0.439 e. The van der Waals surface area contributed by atoms with Gasteiger partial charge in [0.25, 0.3) is 0 Å². The Hall–Kier alpha value is -1.46. The van der Waals surface area contributed by atoms with E-state index < -0.39 is 0 Å². The Morgan fingerprint density at radius 1 is 1.32 bits per heavy atom. The lowest BCUT2D eigenvalue weighted by Gasteiger charge is -2.08. The molecule has 0 aliphatic rings. The maximum Gasteiger partial charge on any atom is 0.225 e. The number of nitrogens with two attached hydrogens (primary N) is 1. The highest BCUT2D eigenvalue weighted by Gasteiger charge is 2.06. The van der Waals surface area contributed by atoms with Gasteiger partial charge in [0.15, 0.2) is 5.16 Å². The highest BCUT2D eigenvalue weighted by Crippen LogP contribution is 2.27. The summed E-state index contributed by atoms with van der Waals surface area (Å²) >= 11 is 7.48. The molecule has 2 N–H and O–H groups in total. The van der Waals surface area contributed by atoms with Gasteiger partial charge >= 0.3 is 0 Å². The van der Waals surface area contributed by atoms with Crippen LogP contribution in [0.5, 0.6) is 11.6 Å². The molecule has 0 atom stereocenters. The largest absolute Gasteiger partial charge is 0.439 e. The first-order chi connectivity index (χ1) is 9.12. The van der Waals surface area contributed by atoms with Crippen LogP contribution >= 0.6 is 23.4 Å². The minimum absolute atomic E-state index is 0.388. The summed E-state index contributed by atoms with van der Waals surface area (Å²) in [5.74, 6) is 1.51. The van der Waals surface area contributed by atoms with Crippen molar-refractivity contribution in [3.63, 3.8) is 0 Å². The molecule has 100 valence electrons. The number of anilines is 1. The number of thioether (sulfide) groups is 1. The van der Waals surface area contributed by atoms with E-state index in [0.717, 1.165) is 17.0 Å². The van der Waals surface area contributed by atoms with Crippen LogP contribution in [0.3, 0.4) is 0 Å². The van der Waals surface area contributed by atoms with E-state index in [9.17, 15) is 0 Å². The standard InChI is InChI=1S/C13H14ClN3OS/c1-3-8-6-9(4-5-10(8)14)18-12-7-11(15)16-13(17-12)19-2/h4-7H,3H2,1-2H3,(H2,15,16,17). The smallest absolute Gasteiger partial charge is 0.225 e. The molecule has 0 saturated heterocycles. The van der Waals surface area contributed by atoms with E-state index in [1.54, 1.807) is 12.1 Å². The van der Waals surface area contributed by atoms with E-state index in [2.05, 4.69) is 9.97 Å². The fourth-order valence-electron chi connectivity index (χ4n) is 1.57. The number of halogens is 1. The van der Waals surface area contributed by atoms with Gasteiger partial charge in [-0.25, -0.2) is 4.98 Å². The molecule has 1 aromatic carbocycles. The van der Waals surface area contributed by atoms with Crippen molar-refractivity contribution in [3.8, 4) is 11.6 Å². The van der Waals surface area contributed by atoms with Gasteiger partial charge < -0.3 is 10.5 Å². The number of hydrogen-bond donors (Lipinski definition) is 1. The van der Waals surface area contributed by atoms with Gasteiger partial charge in [0, 0.05) is 11.1 Å². The van der Waals surface area contributed by atoms with E-state index in [-0.39, 0.29) is 0 Å². The van der Waals surface area contributed by atoms with Crippen LogP contribution in [0.2, 0.25) is 5.02 Å². The molecule has 0 unspecified atom stereocenters. The first-order valence-electron chi connectivity index (χ1n) is 5.77. The van der Waals surface area contributed by atoms with Crippen molar-refractivity contribution in [2.75, 3.05) is 12.0 Å². The number of aromatic nitrogens is 2. The van der Waals surface area contributed by atoms with Crippen molar-refractivity contribution >= 4 is 29.2 Å². The molecule has 0 radical (unpaired) electrons. The van der Waals surface area contributed by atoms with E-state index in [4.69, 9.17) is 22.1 Å². The number of nitrogens with zero attached hydrogens (tertiary/aromatic N) is 2. The van der Waals surface area contributed by atoms with Crippen molar-refractivity contribution in [1.82, 2.24) is 9.97 Å². The van der Waals surface area contributed by atoms with Crippen LogP contribution in [-0.4, -0.2) is 16.2 Å². The average Bonchev–Trinajstić information content (AvgIpc) is 2.40. The van der Waals surface area contributed by atoms with Crippen molar-refractivity contribution in [2.24, 2.45) is 0 Å². The Kier molecular flexibility index (Phi) is 4.50. The minimum atomic E-state index is 0.388. The van der Waals surface area contributed by atoms with Crippen LogP contribution in [0.1, 0.15) is 12.5 Å². The van der Waals surface area contributed by atoms with Crippen LogP contribution < -0.4 is 10.5 Å². The third kappa shape index (κ3) is 3.52. The van der Waals surface area contributed by atoms with Gasteiger partial charge in [0.2, 0.25) is 5.88 Å². The second-order valence-corrected chi connectivity index (χ2v) is 5.01. The first kappa shape index (κ1) is 14.0. The van der Waals surface area contributed by atoms with Gasteiger partial charge in [-0.3, -0.25) is 0 Å². The summed E-state index contributed by atoms with van der Waals surface area (Å²) in [4.78, 5) is 8.31. The second kappa shape index (κ2) is 6.12. The van der Waals surface area contributed by atoms with E-state index in [1.807, 2.05) is 25.3 Å².